The summed E-state index contributed by atoms with van der Waals surface area (Å²) in [6.07, 6.45) is 2.33. The number of hydrogen-bond acceptors (Lipinski definition) is 2. The van der Waals surface area contributed by atoms with Gasteiger partial charge in [0.15, 0.2) is 0 Å². The maximum Gasteiger partial charge on any atom is 0.252 e. The van der Waals surface area contributed by atoms with Crippen LogP contribution < -0.4 is 5.32 Å². The maximum atomic E-state index is 12.2. The Bertz CT molecular complexity index is 590. The molecule has 0 bridgehead atoms. The smallest absolute Gasteiger partial charge is 0.252 e. The molecule has 4 heteroatoms. The molecule has 1 aromatic carbocycles. The van der Waals surface area contributed by atoms with Crippen LogP contribution in [0.15, 0.2) is 45.6 Å². The number of carbonyl (C=O) groups is 1. The predicted octanol–water partition coefficient (Wildman–Crippen LogP) is 3.97. The molecule has 1 saturated carbocycles. The van der Waals surface area contributed by atoms with E-state index in [1.807, 2.05) is 24.3 Å². The van der Waals surface area contributed by atoms with Crippen molar-refractivity contribution in [3.8, 4) is 0 Å². The SMILES string of the molecule is O=C(NCC1(c2ccsc2)CC1)c1ccccc1Br. The number of halogens is 1. The molecule has 0 saturated heterocycles. The van der Waals surface area contributed by atoms with Crippen molar-refractivity contribution in [2.75, 3.05) is 6.54 Å². The van der Waals surface area contributed by atoms with E-state index in [-0.39, 0.29) is 11.3 Å². The number of thiophene rings is 1. The molecule has 1 aliphatic rings. The highest BCUT2D eigenvalue weighted by Gasteiger charge is 2.44. The highest BCUT2D eigenvalue weighted by molar-refractivity contribution is 9.10. The van der Waals surface area contributed by atoms with Crippen molar-refractivity contribution in [1.82, 2.24) is 5.32 Å². The zero-order valence-corrected chi connectivity index (χ0v) is 12.8. The fraction of sp³-hybridized carbons (Fsp3) is 0.267. The van der Waals surface area contributed by atoms with Crippen LogP contribution in [0.2, 0.25) is 0 Å². The minimum Gasteiger partial charge on any atom is -0.351 e. The van der Waals surface area contributed by atoms with Crippen LogP contribution in [0.3, 0.4) is 0 Å². The van der Waals surface area contributed by atoms with Crippen molar-refractivity contribution >= 4 is 33.2 Å². The Labute approximate surface area is 125 Å². The molecule has 3 rings (SSSR count). The highest BCUT2D eigenvalue weighted by atomic mass is 79.9. The van der Waals surface area contributed by atoms with Crippen LogP contribution >= 0.6 is 27.3 Å². The van der Waals surface area contributed by atoms with Crippen LogP contribution in [-0.2, 0) is 5.41 Å². The summed E-state index contributed by atoms with van der Waals surface area (Å²) in [4.78, 5) is 12.2. The fourth-order valence-electron chi connectivity index (χ4n) is 2.27. The van der Waals surface area contributed by atoms with Gasteiger partial charge >= 0.3 is 0 Å². The van der Waals surface area contributed by atoms with E-state index in [0.717, 1.165) is 11.0 Å². The van der Waals surface area contributed by atoms with Crippen LogP contribution in [-0.4, -0.2) is 12.5 Å². The van der Waals surface area contributed by atoms with Gasteiger partial charge in [-0.15, -0.1) is 0 Å². The van der Waals surface area contributed by atoms with Crippen molar-refractivity contribution < 1.29 is 4.79 Å². The Hall–Kier alpha value is -1.13. The third kappa shape index (κ3) is 2.60. The average molecular weight is 336 g/mol. The second-order valence-electron chi connectivity index (χ2n) is 4.95. The van der Waals surface area contributed by atoms with Gasteiger partial charge in [-0.2, -0.15) is 11.3 Å². The summed E-state index contributed by atoms with van der Waals surface area (Å²) in [5.41, 5.74) is 2.25. The van der Waals surface area contributed by atoms with E-state index < -0.39 is 0 Å². The van der Waals surface area contributed by atoms with Crippen molar-refractivity contribution in [3.05, 3.63) is 56.7 Å². The molecule has 0 aliphatic heterocycles. The quantitative estimate of drug-likeness (QED) is 0.899. The second-order valence-corrected chi connectivity index (χ2v) is 6.59. The van der Waals surface area contributed by atoms with Gasteiger partial charge in [0.2, 0.25) is 0 Å². The molecular formula is C15H14BrNOS. The Morgan fingerprint density at radius 3 is 2.74 bits per heavy atom. The average Bonchev–Trinajstić information content (AvgIpc) is 3.00. The summed E-state index contributed by atoms with van der Waals surface area (Å²) in [6, 6.07) is 9.69. The van der Waals surface area contributed by atoms with E-state index in [4.69, 9.17) is 0 Å². The molecular weight excluding hydrogens is 322 g/mol. The minimum atomic E-state index is -0.00557. The van der Waals surface area contributed by atoms with E-state index in [1.165, 1.54) is 18.4 Å². The van der Waals surface area contributed by atoms with E-state index in [9.17, 15) is 4.79 Å². The van der Waals surface area contributed by atoms with Crippen LogP contribution in [0.5, 0.6) is 0 Å². The molecule has 98 valence electrons. The number of nitrogens with one attached hydrogen (secondary N) is 1. The van der Waals surface area contributed by atoms with Crippen LogP contribution in [0.4, 0.5) is 0 Å². The number of amides is 1. The molecule has 1 aromatic heterocycles. The first-order valence-corrected chi connectivity index (χ1v) is 8.00. The second kappa shape index (κ2) is 5.10. The first-order valence-electron chi connectivity index (χ1n) is 6.27. The molecule has 1 N–H and O–H groups in total. The Balaban J connectivity index is 1.68. The largest absolute Gasteiger partial charge is 0.351 e. The van der Waals surface area contributed by atoms with Gasteiger partial charge in [0.1, 0.15) is 0 Å². The summed E-state index contributed by atoms with van der Waals surface area (Å²) in [5, 5.41) is 7.36. The zero-order valence-electron chi connectivity index (χ0n) is 10.4. The van der Waals surface area contributed by atoms with Gasteiger partial charge in [-0.1, -0.05) is 12.1 Å². The molecule has 1 aliphatic carbocycles. The Morgan fingerprint density at radius 1 is 1.32 bits per heavy atom. The Kier molecular flexibility index (Phi) is 3.46. The first-order chi connectivity index (χ1) is 9.21. The van der Waals surface area contributed by atoms with Crippen LogP contribution in [0, 0.1) is 0 Å². The number of rotatable bonds is 4. The molecule has 2 nitrogen and oxygen atoms in total. The summed E-state index contributed by atoms with van der Waals surface area (Å²) in [5.74, 6) is -0.00557. The molecule has 2 aromatic rings. The lowest BCUT2D eigenvalue weighted by Crippen LogP contribution is -2.32. The molecule has 0 unspecified atom stereocenters. The van der Waals surface area contributed by atoms with E-state index in [2.05, 4.69) is 38.1 Å². The topological polar surface area (TPSA) is 29.1 Å². The van der Waals surface area contributed by atoms with Gasteiger partial charge in [0, 0.05) is 16.4 Å². The normalized spacial score (nSPS) is 16.1. The molecule has 0 radical (unpaired) electrons. The molecule has 1 amide bonds. The van der Waals surface area contributed by atoms with Gasteiger partial charge < -0.3 is 5.32 Å². The van der Waals surface area contributed by atoms with Crippen molar-refractivity contribution in [1.29, 1.82) is 0 Å². The minimum absolute atomic E-state index is 0.00557. The molecule has 0 spiro atoms. The van der Waals surface area contributed by atoms with Crippen molar-refractivity contribution in [2.45, 2.75) is 18.3 Å². The number of benzene rings is 1. The standard InChI is InChI=1S/C15H14BrNOS/c16-13-4-2-1-3-12(13)14(18)17-10-15(6-7-15)11-5-8-19-9-11/h1-5,8-9H,6-7,10H2,(H,17,18). The number of hydrogen-bond donors (Lipinski definition) is 1. The zero-order chi connectivity index (χ0) is 13.3. The lowest BCUT2D eigenvalue weighted by molar-refractivity contribution is 0.0949. The molecule has 19 heavy (non-hydrogen) atoms. The summed E-state index contributed by atoms with van der Waals surface area (Å²) in [6.45, 7) is 0.726. The van der Waals surface area contributed by atoms with Crippen LogP contribution in [0.25, 0.3) is 0 Å². The van der Waals surface area contributed by atoms with E-state index in [0.29, 0.717) is 5.56 Å². The molecule has 1 heterocycles. The first kappa shape index (κ1) is 12.9. The summed E-state index contributed by atoms with van der Waals surface area (Å²) in [7, 11) is 0. The fourth-order valence-corrected chi connectivity index (χ4v) is 3.52. The van der Waals surface area contributed by atoms with Gasteiger partial charge in [0.25, 0.3) is 5.91 Å². The molecule has 1 fully saturated rings. The van der Waals surface area contributed by atoms with Gasteiger partial charge in [0.05, 0.1) is 5.56 Å². The Morgan fingerprint density at radius 2 is 2.11 bits per heavy atom. The lowest BCUT2D eigenvalue weighted by atomic mass is 9.99. The third-order valence-electron chi connectivity index (χ3n) is 3.69. The number of carbonyl (C=O) groups excluding carboxylic acids is 1. The van der Waals surface area contributed by atoms with Gasteiger partial charge in [-0.25, -0.2) is 0 Å². The van der Waals surface area contributed by atoms with Crippen LogP contribution in [0.1, 0.15) is 28.8 Å². The van der Waals surface area contributed by atoms with Gasteiger partial charge in [-0.3, -0.25) is 4.79 Å². The molecule has 0 atom stereocenters. The van der Waals surface area contributed by atoms with Gasteiger partial charge in [-0.05, 0) is 63.3 Å². The maximum absolute atomic E-state index is 12.2. The van der Waals surface area contributed by atoms with E-state index in [1.54, 1.807) is 11.3 Å². The third-order valence-corrected chi connectivity index (χ3v) is 5.07. The highest BCUT2D eigenvalue weighted by Crippen LogP contribution is 2.48. The lowest BCUT2D eigenvalue weighted by Gasteiger charge is -2.15. The van der Waals surface area contributed by atoms with Crippen molar-refractivity contribution in [2.24, 2.45) is 0 Å². The predicted molar refractivity (Wildman–Crippen MR) is 81.7 cm³/mol. The van der Waals surface area contributed by atoms with E-state index >= 15 is 0 Å². The monoisotopic (exact) mass is 335 g/mol. The summed E-state index contributed by atoms with van der Waals surface area (Å²) < 4.78 is 0.841. The summed E-state index contributed by atoms with van der Waals surface area (Å²) >= 11 is 5.13. The van der Waals surface area contributed by atoms with Crippen molar-refractivity contribution in [3.63, 3.8) is 0 Å².